The first-order valence-electron chi connectivity index (χ1n) is 10.1. The van der Waals surface area contributed by atoms with E-state index in [1.54, 1.807) is 42.3 Å². The van der Waals surface area contributed by atoms with E-state index in [9.17, 15) is 9.90 Å². The van der Waals surface area contributed by atoms with Crippen molar-refractivity contribution in [2.24, 2.45) is 0 Å². The lowest BCUT2D eigenvalue weighted by Crippen LogP contribution is -2.30. The summed E-state index contributed by atoms with van der Waals surface area (Å²) >= 11 is 6.22. The molecule has 0 aliphatic heterocycles. The highest BCUT2D eigenvalue weighted by molar-refractivity contribution is 6.31. The minimum atomic E-state index is -0.0706. The number of amides is 1. The van der Waals surface area contributed by atoms with Crippen LogP contribution in [0, 0.1) is 5.41 Å². The van der Waals surface area contributed by atoms with E-state index in [0.29, 0.717) is 21.8 Å². The van der Waals surface area contributed by atoms with Crippen molar-refractivity contribution in [3.8, 4) is 5.75 Å². The van der Waals surface area contributed by atoms with Crippen molar-refractivity contribution in [3.63, 3.8) is 0 Å². The number of carbonyl (C=O) groups is 1. The first-order chi connectivity index (χ1) is 14.6. The molecule has 3 aromatic rings. The molecule has 0 atom stereocenters. The molecule has 0 saturated heterocycles. The van der Waals surface area contributed by atoms with Crippen LogP contribution in [0.15, 0.2) is 66.7 Å². The van der Waals surface area contributed by atoms with Crippen LogP contribution in [0.25, 0.3) is 0 Å². The average molecular weight is 435 g/mol. The van der Waals surface area contributed by atoms with Crippen LogP contribution in [0.2, 0.25) is 5.02 Å². The van der Waals surface area contributed by atoms with Gasteiger partial charge >= 0.3 is 0 Å². The Kier molecular flexibility index (Phi) is 6.51. The first-order valence-corrected chi connectivity index (χ1v) is 10.5. The zero-order valence-corrected chi connectivity index (χ0v) is 19.0. The number of nitrogens with zero attached hydrogens (tertiary/aromatic N) is 1. The quantitative estimate of drug-likeness (QED) is 0.486. The van der Waals surface area contributed by atoms with Gasteiger partial charge in [-0.2, -0.15) is 0 Å². The number of likely N-dealkylation sites (N-methyl/N-ethyl adjacent to an activating group) is 1. The van der Waals surface area contributed by atoms with Crippen molar-refractivity contribution in [2.45, 2.75) is 32.6 Å². The fraction of sp³-hybridized carbons (Fsp3) is 0.231. The van der Waals surface area contributed by atoms with Crippen LogP contribution in [-0.2, 0) is 16.6 Å². The Morgan fingerprint density at radius 3 is 2.32 bits per heavy atom. The lowest BCUT2D eigenvalue weighted by molar-refractivity contribution is -0.117. The SMILES string of the molecule is CN(C(=O)Cc1ccccc1C(C)(C)C)c1ccc(Cl)cc1C(=N)c1ccc(O)cc1. The van der Waals surface area contributed by atoms with Crippen molar-refractivity contribution in [3.05, 3.63) is 94.0 Å². The van der Waals surface area contributed by atoms with Gasteiger partial charge in [-0.25, -0.2) is 0 Å². The van der Waals surface area contributed by atoms with Gasteiger partial charge in [0.1, 0.15) is 5.75 Å². The van der Waals surface area contributed by atoms with Crippen molar-refractivity contribution in [2.75, 3.05) is 11.9 Å². The number of benzene rings is 3. The van der Waals surface area contributed by atoms with E-state index < -0.39 is 0 Å². The molecule has 0 radical (unpaired) electrons. The number of phenolic OH excluding ortho intramolecular Hbond substituents is 1. The molecule has 0 aliphatic carbocycles. The van der Waals surface area contributed by atoms with Gasteiger partial charge in [-0.3, -0.25) is 10.2 Å². The first kappa shape index (κ1) is 22.6. The molecule has 0 aliphatic rings. The smallest absolute Gasteiger partial charge is 0.231 e. The Morgan fingerprint density at radius 1 is 1.03 bits per heavy atom. The zero-order chi connectivity index (χ0) is 22.8. The van der Waals surface area contributed by atoms with E-state index in [-0.39, 0.29) is 29.2 Å². The summed E-state index contributed by atoms with van der Waals surface area (Å²) in [6, 6.07) is 19.6. The molecule has 31 heavy (non-hydrogen) atoms. The van der Waals surface area contributed by atoms with Gasteiger partial charge in [-0.05, 0) is 59.0 Å². The van der Waals surface area contributed by atoms with Crippen molar-refractivity contribution in [1.29, 1.82) is 5.41 Å². The van der Waals surface area contributed by atoms with E-state index >= 15 is 0 Å². The molecule has 0 unspecified atom stereocenters. The number of carbonyl (C=O) groups excluding carboxylic acids is 1. The third-order valence-corrected chi connectivity index (χ3v) is 5.52. The van der Waals surface area contributed by atoms with E-state index in [2.05, 4.69) is 26.8 Å². The van der Waals surface area contributed by atoms with Gasteiger partial charge in [0.2, 0.25) is 5.91 Å². The topological polar surface area (TPSA) is 64.4 Å². The number of hydrogen-bond donors (Lipinski definition) is 2. The second kappa shape index (κ2) is 8.94. The highest BCUT2D eigenvalue weighted by atomic mass is 35.5. The van der Waals surface area contributed by atoms with Crippen LogP contribution < -0.4 is 4.90 Å². The molecular formula is C26H27ClN2O2. The second-order valence-corrected chi connectivity index (χ2v) is 9.06. The van der Waals surface area contributed by atoms with E-state index in [1.807, 2.05) is 18.2 Å². The third-order valence-electron chi connectivity index (χ3n) is 5.29. The van der Waals surface area contributed by atoms with Crippen molar-refractivity contribution in [1.82, 2.24) is 0 Å². The number of rotatable bonds is 5. The van der Waals surface area contributed by atoms with E-state index in [1.165, 1.54) is 12.1 Å². The molecule has 0 heterocycles. The molecule has 0 bridgehead atoms. The van der Waals surface area contributed by atoms with Crippen LogP contribution in [0.3, 0.4) is 0 Å². The normalized spacial score (nSPS) is 11.3. The van der Waals surface area contributed by atoms with E-state index in [0.717, 1.165) is 11.1 Å². The average Bonchev–Trinajstić information content (AvgIpc) is 2.73. The zero-order valence-electron chi connectivity index (χ0n) is 18.2. The molecule has 1 amide bonds. The fourth-order valence-electron chi connectivity index (χ4n) is 3.61. The van der Waals surface area contributed by atoms with Crippen LogP contribution in [0.1, 0.15) is 43.0 Å². The van der Waals surface area contributed by atoms with Gasteiger partial charge < -0.3 is 10.0 Å². The van der Waals surface area contributed by atoms with Crippen LogP contribution in [0.5, 0.6) is 5.75 Å². The monoisotopic (exact) mass is 434 g/mol. The number of anilines is 1. The second-order valence-electron chi connectivity index (χ2n) is 8.62. The third kappa shape index (κ3) is 5.15. The summed E-state index contributed by atoms with van der Waals surface area (Å²) in [6.07, 6.45) is 0.262. The van der Waals surface area contributed by atoms with Gasteiger partial charge in [0.05, 0.1) is 17.8 Å². The van der Waals surface area contributed by atoms with Crippen molar-refractivity contribution >= 4 is 28.9 Å². The van der Waals surface area contributed by atoms with Crippen LogP contribution in [0.4, 0.5) is 5.69 Å². The predicted octanol–water partition coefficient (Wildman–Crippen LogP) is 5.96. The number of hydrogen-bond acceptors (Lipinski definition) is 3. The highest BCUT2D eigenvalue weighted by Gasteiger charge is 2.22. The molecule has 3 rings (SSSR count). The largest absolute Gasteiger partial charge is 0.508 e. The number of nitrogens with one attached hydrogen (secondary N) is 1. The summed E-state index contributed by atoms with van der Waals surface area (Å²) in [4.78, 5) is 14.8. The maximum absolute atomic E-state index is 13.2. The molecule has 0 saturated carbocycles. The minimum Gasteiger partial charge on any atom is -0.508 e. The summed E-state index contributed by atoms with van der Waals surface area (Å²) in [5.41, 5.74) is 4.09. The Balaban J connectivity index is 1.94. The summed E-state index contributed by atoms with van der Waals surface area (Å²) in [6.45, 7) is 6.41. The molecule has 0 fully saturated rings. The molecular weight excluding hydrogens is 408 g/mol. The van der Waals surface area contributed by atoms with Crippen LogP contribution in [-0.4, -0.2) is 23.8 Å². The molecule has 4 nitrogen and oxygen atoms in total. The number of halogens is 1. The molecule has 0 aromatic heterocycles. The molecule has 5 heteroatoms. The van der Waals surface area contributed by atoms with Gasteiger partial charge in [-0.1, -0.05) is 56.6 Å². The van der Waals surface area contributed by atoms with Gasteiger partial charge in [0.25, 0.3) is 0 Å². The van der Waals surface area contributed by atoms with Crippen LogP contribution >= 0.6 is 11.6 Å². The molecule has 3 aromatic carbocycles. The predicted molar refractivity (Wildman–Crippen MR) is 128 cm³/mol. The number of phenols is 1. The standard InChI is InChI=1S/C26H27ClN2O2/c1-26(2,3)22-8-6-5-7-18(22)15-24(31)29(4)23-14-11-19(27)16-21(23)25(28)17-9-12-20(30)13-10-17/h5-14,16,28,30H,15H2,1-4H3. The fourth-order valence-corrected chi connectivity index (χ4v) is 3.78. The molecule has 0 spiro atoms. The molecule has 160 valence electrons. The summed E-state index contributed by atoms with van der Waals surface area (Å²) < 4.78 is 0. The highest BCUT2D eigenvalue weighted by Crippen LogP contribution is 2.29. The lowest BCUT2D eigenvalue weighted by Gasteiger charge is -2.25. The summed E-state index contributed by atoms with van der Waals surface area (Å²) in [5, 5.41) is 18.7. The minimum absolute atomic E-state index is 0.0676. The molecule has 2 N–H and O–H groups in total. The Labute approximate surface area is 188 Å². The lowest BCUT2D eigenvalue weighted by atomic mass is 9.83. The van der Waals surface area contributed by atoms with Crippen molar-refractivity contribution < 1.29 is 9.90 Å². The maximum atomic E-state index is 13.2. The Bertz CT molecular complexity index is 1110. The van der Waals surface area contributed by atoms with Gasteiger partial charge in [0, 0.05) is 23.2 Å². The van der Waals surface area contributed by atoms with E-state index in [4.69, 9.17) is 17.0 Å². The summed E-state index contributed by atoms with van der Waals surface area (Å²) in [7, 11) is 1.72. The van der Waals surface area contributed by atoms with Gasteiger partial charge in [0.15, 0.2) is 0 Å². The summed E-state index contributed by atoms with van der Waals surface area (Å²) in [5.74, 6) is 0.0615. The Hall–Kier alpha value is -3.11. The van der Waals surface area contributed by atoms with Gasteiger partial charge in [-0.15, -0.1) is 0 Å². The maximum Gasteiger partial charge on any atom is 0.231 e. The Morgan fingerprint density at radius 2 is 1.68 bits per heavy atom. The number of aromatic hydroxyl groups is 1.